The highest BCUT2D eigenvalue weighted by Crippen LogP contribution is 2.26. The van der Waals surface area contributed by atoms with Crippen LogP contribution in [0, 0.1) is 5.41 Å². The minimum absolute atomic E-state index is 0.592. The lowest BCUT2D eigenvalue weighted by molar-refractivity contribution is -0.146. The zero-order valence-corrected chi connectivity index (χ0v) is 11.1. The molecule has 2 rings (SSSR count). The molecule has 0 radical (unpaired) electrons. The predicted octanol–water partition coefficient (Wildman–Crippen LogP) is 2.32. The van der Waals surface area contributed by atoms with E-state index in [1.165, 1.54) is 11.8 Å². The van der Waals surface area contributed by atoms with E-state index in [2.05, 4.69) is 10.2 Å². The van der Waals surface area contributed by atoms with Gasteiger partial charge in [-0.05, 0) is 32.4 Å². The van der Waals surface area contributed by atoms with Crippen LogP contribution in [0.2, 0.25) is 0 Å². The maximum absolute atomic E-state index is 11.0. The molecule has 0 saturated heterocycles. The van der Waals surface area contributed by atoms with Crippen LogP contribution in [0.3, 0.4) is 0 Å². The molecule has 2 aromatic heterocycles. The molecule has 0 aromatic carbocycles. The first-order chi connectivity index (χ1) is 8.50. The van der Waals surface area contributed by atoms with Gasteiger partial charge >= 0.3 is 5.97 Å². The Morgan fingerprint density at radius 3 is 2.94 bits per heavy atom. The Kier molecular flexibility index (Phi) is 3.56. The van der Waals surface area contributed by atoms with Crippen LogP contribution in [-0.2, 0) is 4.79 Å². The van der Waals surface area contributed by atoms with Crippen LogP contribution in [0.5, 0.6) is 0 Å². The lowest BCUT2D eigenvalue weighted by Crippen LogP contribution is -2.24. The van der Waals surface area contributed by atoms with Gasteiger partial charge in [0.25, 0.3) is 0 Å². The normalized spacial score (nSPS) is 11.9. The van der Waals surface area contributed by atoms with Crippen LogP contribution in [0.15, 0.2) is 29.6 Å². The fourth-order valence-electron chi connectivity index (χ4n) is 1.42. The molecule has 0 atom stereocenters. The first-order valence-corrected chi connectivity index (χ1v) is 6.65. The molecule has 5 nitrogen and oxygen atoms in total. The molecule has 0 aliphatic heterocycles. The third-order valence-corrected chi connectivity index (χ3v) is 3.76. The summed E-state index contributed by atoms with van der Waals surface area (Å²) < 4.78 is 1.90. The maximum atomic E-state index is 11.0. The number of thioether (sulfide) groups is 1. The molecule has 0 spiro atoms. The first-order valence-electron chi connectivity index (χ1n) is 5.67. The number of fused-ring (bicyclic) bond motifs is 1. The summed E-state index contributed by atoms with van der Waals surface area (Å²) in [6, 6.07) is 5.71. The largest absolute Gasteiger partial charge is 0.481 e. The number of pyridine rings is 1. The van der Waals surface area contributed by atoms with Gasteiger partial charge in [-0.15, -0.1) is 10.2 Å². The third kappa shape index (κ3) is 2.64. The molecule has 0 unspecified atom stereocenters. The molecule has 0 aliphatic carbocycles. The van der Waals surface area contributed by atoms with Crippen LogP contribution in [0.1, 0.15) is 20.3 Å². The van der Waals surface area contributed by atoms with E-state index in [0.717, 1.165) is 10.8 Å². The van der Waals surface area contributed by atoms with E-state index >= 15 is 0 Å². The molecular weight excluding hydrogens is 250 g/mol. The molecular formula is C12H15N3O2S. The minimum atomic E-state index is -0.769. The predicted molar refractivity (Wildman–Crippen MR) is 69.7 cm³/mol. The Labute approximate surface area is 109 Å². The fourth-order valence-corrected chi connectivity index (χ4v) is 2.61. The standard InChI is InChI=1S/C12H15N3O2S/c1-12(2,10(16)17)6-8-18-11-14-13-9-5-3-4-7-15(9)11/h3-5,7H,6,8H2,1-2H3,(H,16,17). The van der Waals surface area contributed by atoms with Gasteiger partial charge in [-0.3, -0.25) is 9.20 Å². The number of rotatable bonds is 5. The highest BCUT2D eigenvalue weighted by atomic mass is 32.2. The minimum Gasteiger partial charge on any atom is -0.481 e. The van der Waals surface area contributed by atoms with Gasteiger partial charge in [-0.2, -0.15) is 0 Å². The van der Waals surface area contributed by atoms with Crippen LogP contribution in [0.25, 0.3) is 5.65 Å². The van der Waals surface area contributed by atoms with Crippen molar-refractivity contribution in [1.29, 1.82) is 0 Å². The molecule has 18 heavy (non-hydrogen) atoms. The van der Waals surface area contributed by atoms with Gasteiger partial charge in [0, 0.05) is 11.9 Å². The number of hydrogen-bond acceptors (Lipinski definition) is 4. The average molecular weight is 265 g/mol. The highest BCUT2D eigenvalue weighted by Gasteiger charge is 2.26. The Morgan fingerprint density at radius 1 is 1.44 bits per heavy atom. The molecule has 0 fully saturated rings. The lowest BCUT2D eigenvalue weighted by atomic mass is 9.91. The first kappa shape index (κ1) is 12.9. The Balaban J connectivity index is 2.01. The molecule has 2 heterocycles. The van der Waals surface area contributed by atoms with Gasteiger partial charge in [-0.1, -0.05) is 17.8 Å². The molecule has 0 aliphatic rings. The monoisotopic (exact) mass is 265 g/mol. The van der Waals surface area contributed by atoms with Crippen molar-refractivity contribution < 1.29 is 9.90 Å². The highest BCUT2D eigenvalue weighted by molar-refractivity contribution is 7.99. The van der Waals surface area contributed by atoms with Crippen LogP contribution in [-0.4, -0.2) is 31.4 Å². The van der Waals surface area contributed by atoms with Crippen molar-refractivity contribution >= 4 is 23.4 Å². The van der Waals surface area contributed by atoms with Gasteiger partial charge in [0.2, 0.25) is 0 Å². The van der Waals surface area contributed by atoms with E-state index in [9.17, 15) is 4.79 Å². The molecule has 0 bridgehead atoms. The van der Waals surface area contributed by atoms with Gasteiger partial charge < -0.3 is 5.11 Å². The van der Waals surface area contributed by atoms with Crippen molar-refractivity contribution in [2.75, 3.05) is 5.75 Å². The van der Waals surface area contributed by atoms with E-state index in [1.54, 1.807) is 13.8 Å². The summed E-state index contributed by atoms with van der Waals surface area (Å²) >= 11 is 1.53. The molecule has 96 valence electrons. The number of aromatic nitrogens is 3. The zero-order valence-electron chi connectivity index (χ0n) is 10.3. The van der Waals surface area contributed by atoms with E-state index in [1.807, 2.05) is 28.8 Å². The average Bonchev–Trinajstić information content (AvgIpc) is 2.72. The van der Waals surface area contributed by atoms with Crippen molar-refractivity contribution in [2.45, 2.75) is 25.4 Å². The van der Waals surface area contributed by atoms with Crippen molar-refractivity contribution in [1.82, 2.24) is 14.6 Å². The van der Waals surface area contributed by atoms with E-state index in [4.69, 9.17) is 5.11 Å². The van der Waals surface area contributed by atoms with Crippen molar-refractivity contribution in [2.24, 2.45) is 5.41 Å². The second-order valence-corrected chi connectivity index (χ2v) is 5.76. The van der Waals surface area contributed by atoms with Gasteiger partial charge in [0.1, 0.15) is 0 Å². The number of nitrogens with zero attached hydrogens (tertiary/aromatic N) is 3. The van der Waals surface area contributed by atoms with Crippen LogP contribution < -0.4 is 0 Å². The number of carbonyl (C=O) groups is 1. The maximum Gasteiger partial charge on any atom is 0.309 e. The Hall–Kier alpha value is -1.56. The van der Waals surface area contributed by atoms with Crippen LogP contribution >= 0.6 is 11.8 Å². The topological polar surface area (TPSA) is 67.5 Å². The summed E-state index contributed by atoms with van der Waals surface area (Å²) in [7, 11) is 0. The van der Waals surface area contributed by atoms with Gasteiger partial charge in [0.15, 0.2) is 10.8 Å². The number of aliphatic carboxylic acids is 1. The molecule has 1 N–H and O–H groups in total. The van der Waals surface area contributed by atoms with E-state index in [-0.39, 0.29) is 0 Å². The number of carboxylic acids is 1. The Bertz CT molecular complexity index is 565. The number of carboxylic acid groups (broad SMARTS) is 1. The Morgan fingerprint density at radius 2 is 2.22 bits per heavy atom. The van der Waals surface area contributed by atoms with Crippen LogP contribution in [0.4, 0.5) is 0 Å². The summed E-state index contributed by atoms with van der Waals surface area (Å²) in [5, 5.41) is 18.0. The summed E-state index contributed by atoms with van der Waals surface area (Å²) in [6.07, 6.45) is 2.49. The second-order valence-electron chi connectivity index (χ2n) is 4.70. The zero-order chi connectivity index (χ0) is 13.2. The van der Waals surface area contributed by atoms with Crippen molar-refractivity contribution in [3.05, 3.63) is 24.4 Å². The lowest BCUT2D eigenvalue weighted by Gasteiger charge is -2.17. The summed E-state index contributed by atoms with van der Waals surface area (Å²) in [6.45, 7) is 3.47. The van der Waals surface area contributed by atoms with Crippen molar-refractivity contribution in [3.8, 4) is 0 Å². The SMILES string of the molecule is CC(C)(CCSc1nnc2ccccn12)C(=O)O. The second kappa shape index (κ2) is 4.97. The smallest absolute Gasteiger partial charge is 0.309 e. The summed E-state index contributed by atoms with van der Waals surface area (Å²) in [5.74, 6) is -0.0659. The molecule has 0 saturated carbocycles. The quantitative estimate of drug-likeness (QED) is 0.840. The van der Waals surface area contributed by atoms with E-state index < -0.39 is 11.4 Å². The van der Waals surface area contributed by atoms with E-state index in [0.29, 0.717) is 12.2 Å². The number of hydrogen-bond donors (Lipinski definition) is 1. The summed E-state index contributed by atoms with van der Waals surface area (Å²) in [5.41, 5.74) is 0.102. The van der Waals surface area contributed by atoms with Crippen molar-refractivity contribution in [3.63, 3.8) is 0 Å². The molecule has 2 aromatic rings. The molecule has 6 heteroatoms. The van der Waals surface area contributed by atoms with Gasteiger partial charge in [-0.25, -0.2) is 0 Å². The third-order valence-electron chi connectivity index (χ3n) is 2.82. The fraction of sp³-hybridized carbons (Fsp3) is 0.417. The van der Waals surface area contributed by atoms with Gasteiger partial charge in [0.05, 0.1) is 5.41 Å². The molecule has 0 amide bonds. The summed E-state index contributed by atoms with van der Waals surface area (Å²) in [4.78, 5) is 11.0.